The largest absolute Gasteiger partial charge is 0.314 e. The molecule has 1 saturated carbocycles. The molecule has 3 heteroatoms. The summed E-state index contributed by atoms with van der Waals surface area (Å²) in [5, 5.41) is 3.45. The van der Waals surface area contributed by atoms with Gasteiger partial charge in [-0.25, -0.2) is 8.78 Å². The summed E-state index contributed by atoms with van der Waals surface area (Å²) in [6.45, 7) is 4.54. The highest BCUT2D eigenvalue weighted by Crippen LogP contribution is 2.34. The Kier molecular flexibility index (Phi) is 4.92. The zero-order chi connectivity index (χ0) is 13.8. The van der Waals surface area contributed by atoms with E-state index in [9.17, 15) is 8.78 Å². The van der Waals surface area contributed by atoms with Crippen LogP contribution in [0.3, 0.4) is 0 Å². The molecular weight excluding hydrogens is 244 g/mol. The maximum absolute atomic E-state index is 14.2. The first-order valence-electron chi connectivity index (χ1n) is 7.33. The van der Waals surface area contributed by atoms with Gasteiger partial charge < -0.3 is 5.32 Å². The molecule has 1 aliphatic rings. The van der Waals surface area contributed by atoms with Crippen molar-refractivity contribution in [1.82, 2.24) is 5.32 Å². The van der Waals surface area contributed by atoms with Gasteiger partial charge in [-0.15, -0.1) is 0 Å². The highest BCUT2D eigenvalue weighted by atomic mass is 19.2. The van der Waals surface area contributed by atoms with Crippen LogP contribution in [0.4, 0.5) is 8.78 Å². The fraction of sp³-hybridized carbons (Fsp3) is 0.625. The molecule has 106 valence electrons. The van der Waals surface area contributed by atoms with Gasteiger partial charge in [0.2, 0.25) is 0 Å². The Balaban J connectivity index is 2.33. The van der Waals surface area contributed by atoms with Crippen molar-refractivity contribution in [2.75, 3.05) is 6.54 Å². The number of likely N-dealkylation sites (N-methyl/N-ethyl adjacent to an activating group) is 1. The molecule has 1 aliphatic carbocycles. The van der Waals surface area contributed by atoms with Crippen LogP contribution in [-0.2, 0) is 0 Å². The Hall–Kier alpha value is -0.960. The predicted molar refractivity (Wildman–Crippen MR) is 74.4 cm³/mol. The van der Waals surface area contributed by atoms with Crippen LogP contribution in [0.2, 0.25) is 0 Å². The average Bonchev–Trinajstić information content (AvgIpc) is 2.63. The van der Waals surface area contributed by atoms with E-state index in [0.29, 0.717) is 11.1 Å². The highest BCUT2D eigenvalue weighted by Gasteiger charge is 2.28. The van der Waals surface area contributed by atoms with Gasteiger partial charge in [0.05, 0.1) is 0 Å². The second kappa shape index (κ2) is 6.47. The van der Waals surface area contributed by atoms with E-state index in [1.54, 1.807) is 19.1 Å². The predicted octanol–water partition coefficient (Wildman–Crippen LogP) is 4.30. The molecule has 2 atom stereocenters. The molecule has 0 radical (unpaired) electrons. The third kappa shape index (κ3) is 3.14. The lowest BCUT2D eigenvalue weighted by Crippen LogP contribution is -2.34. The molecule has 1 fully saturated rings. The summed E-state index contributed by atoms with van der Waals surface area (Å²) in [6, 6.07) is 3.74. The maximum atomic E-state index is 14.2. The molecule has 19 heavy (non-hydrogen) atoms. The first-order chi connectivity index (χ1) is 9.15. The Labute approximate surface area is 114 Å². The minimum absolute atomic E-state index is 0.0950. The second-order valence-corrected chi connectivity index (χ2v) is 5.51. The first-order valence-corrected chi connectivity index (χ1v) is 7.33. The minimum Gasteiger partial charge on any atom is -0.314 e. The third-order valence-corrected chi connectivity index (χ3v) is 4.19. The fourth-order valence-corrected chi connectivity index (χ4v) is 3.13. The summed E-state index contributed by atoms with van der Waals surface area (Å²) in [5.74, 6) is -1.23. The van der Waals surface area contributed by atoms with Crippen LogP contribution < -0.4 is 5.32 Å². The van der Waals surface area contributed by atoms with E-state index in [2.05, 4.69) is 12.2 Å². The number of aryl methyl sites for hydroxylation is 1. The van der Waals surface area contributed by atoms with Crippen molar-refractivity contribution < 1.29 is 8.78 Å². The molecule has 2 rings (SSSR count). The van der Waals surface area contributed by atoms with Crippen molar-refractivity contribution in [3.63, 3.8) is 0 Å². The van der Waals surface area contributed by atoms with Crippen LogP contribution in [0, 0.1) is 18.6 Å². The molecule has 0 aliphatic heterocycles. The summed E-state index contributed by atoms with van der Waals surface area (Å²) < 4.78 is 28.0. The molecule has 0 amide bonds. The lowest BCUT2D eigenvalue weighted by atomic mass is 9.86. The van der Waals surface area contributed by atoms with Crippen LogP contribution in [0.5, 0.6) is 0 Å². The molecule has 0 saturated heterocycles. The van der Waals surface area contributed by atoms with E-state index in [4.69, 9.17) is 0 Å². The van der Waals surface area contributed by atoms with Crippen molar-refractivity contribution in [3.05, 3.63) is 34.9 Å². The number of rotatable bonds is 3. The van der Waals surface area contributed by atoms with E-state index < -0.39 is 11.6 Å². The van der Waals surface area contributed by atoms with Gasteiger partial charge in [-0.1, -0.05) is 38.3 Å². The van der Waals surface area contributed by atoms with Gasteiger partial charge in [0.15, 0.2) is 11.6 Å². The van der Waals surface area contributed by atoms with Gasteiger partial charge in [0, 0.05) is 12.0 Å². The third-order valence-electron chi connectivity index (χ3n) is 4.19. The molecule has 0 bridgehead atoms. The highest BCUT2D eigenvalue weighted by molar-refractivity contribution is 5.29. The van der Waals surface area contributed by atoms with Gasteiger partial charge in [0.25, 0.3) is 0 Å². The smallest absolute Gasteiger partial charge is 0.162 e. The Morgan fingerprint density at radius 3 is 2.58 bits per heavy atom. The molecule has 0 heterocycles. The normalized spacial score (nSPS) is 24.2. The number of nitrogens with one attached hydrogen (secondary N) is 1. The Morgan fingerprint density at radius 2 is 1.84 bits per heavy atom. The van der Waals surface area contributed by atoms with E-state index in [1.165, 1.54) is 12.8 Å². The molecule has 1 nitrogen and oxygen atoms in total. The topological polar surface area (TPSA) is 12.0 Å². The molecule has 1 aromatic carbocycles. The number of hydrogen-bond donors (Lipinski definition) is 1. The summed E-state index contributed by atoms with van der Waals surface area (Å²) in [7, 11) is 0. The van der Waals surface area contributed by atoms with Gasteiger partial charge in [-0.2, -0.15) is 0 Å². The lowest BCUT2D eigenvalue weighted by molar-refractivity contribution is 0.398. The molecule has 1 N–H and O–H groups in total. The van der Waals surface area contributed by atoms with E-state index >= 15 is 0 Å². The summed E-state index contributed by atoms with van der Waals surface area (Å²) in [4.78, 5) is 0. The quantitative estimate of drug-likeness (QED) is 0.805. The standard InChI is InChI=1S/C16H23F2N/c1-3-19-14-8-6-4-5-7-12(14)13-10-9-11(2)15(17)16(13)18/h9-10,12,14,19H,3-8H2,1-2H3. The second-order valence-electron chi connectivity index (χ2n) is 5.51. The zero-order valence-electron chi connectivity index (χ0n) is 11.8. The monoisotopic (exact) mass is 267 g/mol. The number of halogens is 2. The molecule has 1 aromatic rings. The van der Waals surface area contributed by atoms with E-state index in [-0.39, 0.29) is 12.0 Å². The molecule has 0 aromatic heterocycles. The van der Waals surface area contributed by atoms with Crippen LogP contribution in [0.25, 0.3) is 0 Å². The Bertz CT molecular complexity index is 431. The number of benzene rings is 1. The van der Waals surface area contributed by atoms with Crippen LogP contribution in [0.1, 0.15) is 56.1 Å². The van der Waals surface area contributed by atoms with Gasteiger partial charge in [0.1, 0.15) is 0 Å². The lowest BCUT2D eigenvalue weighted by Gasteiger charge is -2.27. The summed E-state index contributed by atoms with van der Waals surface area (Å²) in [6.07, 6.45) is 5.45. The van der Waals surface area contributed by atoms with Crippen molar-refractivity contribution >= 4 is 0 Å². The van der Waals surface area contributed by atoms with E-state index in [1.807, 2.05) is 0 Å². The SMILES string of the molecule is CCNC1CCCCCC1c1ccc(C)c(F)c1F. The number of hydrogen-bond acceptors (Lipinski definition) is 1. The first kappa shape index (κ1) is 14.4. The fourth-order valence-electron chi connectivity index (χ4n) is 3.13. The van der Waals surface area contributed by atoms with Crippen LogP contribution >= 0.6 is 0 Å². The van der Waals surface area contributed by atoms with Crippen molar-refractivity contribution in [3.8, 4) is 0 Å². The maximum Gasteiger partial charge on any atom is 0.162 e. The van der Waals surface area contributed by atoms with Crippen molar-refractivity contribution in [2.24, 2.45) is 0 Å². The zero-order valence-corrected chi connectivity index (χ0v) is 11.8. The van der Waals surface area contributed by atoms with Gasteiger partial charge >= 0.3 is 0 Å². The van der Waals surface area contributed by atoms with Crippen LogP contribution in [0.15, 0.2) is 12.1 Å². The average molecular weight is 267 g/mol. The minimum atomic E-state index is -0.683. The summed E-state index contributed by atoms with van der Waals surface area (Å²) >= 11 is 0. The Morgan fingerprint density at radius 1 is 1.11 bits per heavy atom. The molecular formula is C16H23F2N. The molecule has 2 unspecified atom stereocenters. The molecule has 0 spiro atoms. The van der Waals surface area contributed by atoms with Crippen molar-refractivity contribution in [1.29, 1.82) is 0 Å². The van der Waals surface area contributed by atoms with E-state index in [0.717, 1.165) is 25.8 Å². The van der Waals surface area contributed by atoms with Crippen LogP contribution in [-0.4, -0.2) is 12.6 Å². The van der Waals surface area contributed by atoms with Crippen molar-refractivity contribution in [2.45, 2.75) is 57.9 Å². The summed E-state index contributed by atoms with van der Waals surface area (Å²) in [5.41, 5.74) is 0.936. The van der Waals surface area contributed by atoms with Gasteiger partial charge in [-0.05, 0) is 37.4 Å². The van der Waals surface area contributed by atoms with Gasteiger partial charge in [-0.3, -0.25) is 0 Å².